The Kier molecular flexibility index (Phi) is 5.56. The van der Waals surface area contributed by atoms with Crippen molar-refractivity contribution in [3.05, 3.63) is 22.2 Å². The maximum absolute atomic E-state index is 11.9. The number of aromatic amines is 1. The summed E-state index contributed by atoms with van der Waals surface area (Å²) in [5, 5.41) is 8.94. The van der Waals surface area contributed by atoms with Gasteiger partial charge in [-0.2, -0.15) is 0 Å². The molecule has 0 aromatic carbocycles. The Morgan fingerprint density at radius 1 is 1.35 bits per heavy atom. The lowest BCUT2D eigenvalue weighted by Crippen LogP contribution is -2.49. The largest absolute Gasteiger partial charge is 0.466 e. The van der Waals surface area contributed by atoms with Gasteiger partial charge in [-0.25, -0.2) is 9.78 Å². The van der Waals surface area contributed by atoms with Crippen LogP contribution in [0, 0.1) is 0 Å². The second-order valence-electron chi connectivity index (χ2n) is 5.11. The number of H-pyrrole nitrogens is 1. The van der Waals surface area contributed by atoms with Crippen molar-refractivity contribution < 1.29 is 19.4 Å². The van der Waals surface area contributed by atoms with Crippen molar-refractivity contribution >= 4 is 17.9 Å². The summed E-state index contributed by atoms with van der Waals surface area (Å²) < 4.78 is 4.86. The van der Waals surface area contributed by atoms with Gasteiger partial charge in [-0.15, -0.1) is 0 Å². The zero-order valence-corrected chi connectivity index (χ0v) is 12.9. The molecule has 2 heterocycles. The number of hydrogen-bond donors (Lipinski definition) is 2. The summed E-state index contributed by atoms with van der Waals surface area (Å²) in [5.41, 5.74) is 0.266. The molecule has 0 spiro atoms. The predicted octanol–water partition coefficient (Wildman–Crippen LogP) is 0.0656. The normalized spacial score (nSPS) is 14.7. The van der Waals surface area contributed by atoms with Crippen molar-refractivity contribution in [2.24, 2.45) is 0 Å². The first-order chi connectivity index (χ1) is 11.0. The van der Waals surface area contributed by atoms with Crippen LogP contribution in [0.3, 0.4) is 0 Å². The van der Waals surface area contributed by atoms with Crippen molar-refractivity contribution in [2.45, 2.75) is 19.8 Å². The molecular weight excluding hydrogens is 304 g/mol. The van der Waals surface area contributed by atoms with E-state index in [4.69, 9.17) is 9.84 Å². The zero-order chi connectivity index (χ0) is 16.8. The first-order valence-corrected chi connectivity index (χ1v) is 7.48. The average molecular weight is 324 g/mol. The Labute approximate surface area is 132 Å². The van der Waals surface area contributed by atoms with E-state index in [2.05, 4.69) is 9.97 Å². The molecule has 0 aliphatic carbocycles. The van der Waals surface area contributed by atoms with Crippen molar-refractivity contribution in [1.82, 2.24) is 14.9 Å². The number of ether oxygens (including phenoxy) is 1. The first-order valence-electron chi connectivity index (χ1n) is 7.48. The molecule has 1 aliphatic heterocycles. The quantitative estimate of drug-likeness (QED) is 0.736. The van der Waals surface area contributed by atoms with Gasteiger partial charge in [0.2, 0.25) is 0 Å². The highest BCUT2D eigenvalue weighted by molar-refractivity contribution is 5.69. The monoisotopic (exact) mass is 324 g/mol. The third-order valence-corrected chi connectivity index (χ3v) is 3.56. The molecule has 126 valence electrons. The van der Waals surface area contributed by atoms with Gasteiger partial charge >= 0.3 is 12.1 Å². The second kappa shape index (κ2) is 7.61. The van der Waals surface area contributed by atoms with Gasteiger partial charge in [0.05, 0.1) is 18.7 Å². The minimum atomic E-state index is -0.963. The summed E-state index contributed by atoms with van der Waals surface area (Å²) in [7, 11) is 0. The van der Waals surface area contributed by atoms with Crippen molar-refractivity contribution in [1.29, 1.82) is 0 Å². The molecule has 0 bridgehead atoms. The van der Waals surface area contributed by atoms with Crippen LogP contribution in [0.25, 0.3) is 0 Å². The van der Waals surface area contributed by atoms with Crippen LogP contribution in [0.15, 0.2) is 11.0 Å². The van der Waals surface area contributed by atoms with Gasteiger partial charge in [-0.3, -0.25) is 9.59 Å². The lowest BCUT2D eigenvalue weighted by Gasteiger charge is -2.33. The lowest BCUT2D eigenvalue weighted by molar-refractivity contribution is -0.143. The fourth-order valence-electron chi connectivity index (χ4n) is 2.35. The molecule has 0 unspecified atom stereocenters. The second-order valence-corrected chi connectivity index (χ2v) is 5.11. The first kappa shape index (κ1) is 16.8. The highest BCUT2D eigenvalue weighted by atomic mass is 16.5. The van der Waals surface area contributed by atoms with E-state index < -0.39 is 6.09 Å². The standard InChI is InChI=1S/C14H20N4O5/c1-2-23-11(19)4-3-10-9-15-13(20)12(16-10)17-5-7-18(8-6-17)14(21)22/h9H,2-8H2,1H3,(H,15,20)(H,21,22). The van der Waals surface area contributed by atoms with Gasteiger partial charge in [0.1, 0.15) is 0 Å². The summed E-state index contributed by atoms with van der Waals surface area (Å²) in [4.78, 5) is 44.2. The van der Waals surface area contributed by atoms with Crippen LogP contribution < -0.4 is 10.5 Å². The van der Waals surface area contributed by atoms with Gasteiger partial charge in [0.15, 0.2) is 5.82 Å². The van der Waals surface area contributed by atoms with E-state index in [1.54, 1.807) is 11.8 Å². The van der Waals surface area contributed by atoms with Crippen LogP contribution in [0.2, 0.25) is 0 Å². The average Bonchev–Trinajstić information content (AvgIpc) is 2.54. The number of rotatable bonds is 5. The number of esters is 1. The minimum absolute atomic E-state index is 0.194. The van der Waals surface area contributed by atoms with Crippen LogP contribution in [-0.4, -0.2) is 64.8 Å². The van der Waals surface area contributed by atoms with Crippen molar-refractivity contribution in [3.63, 3.8) is 0 Å². The molecule has 1 saturated heterocycles. The molecule has 1 fully saturated rings. The number of carboxylic acid groups (broad SMARTS) is 1. The van der Waals surface area contributed by atoms with E-state index in [0.29, 0.717) is 44.9 Å². The summed E-state index contributed by atoms with van der Waals surface area (Å²) in [6.45, 7) is 3.53. The molecule has 23 heavy (non-hydrogen) atoms. The number of carbonyl (C=O) groups excluding carboxylic acids is 1. The number of amides is 1. The highest BCUT2D eigenvalue weighted by Crippen LogP contribution is 2.10. The van der Waals surface area contributed by atoms with Gasteiger partial charge < -0.3 is 24.6 Å². The van der Waals surface area contributed by atoms with Crippen LogP contribution in [0.5, 0.6) is 0 Å². The molecule has 0 radical (unpaired) electrons. The van der Waals surface area contributed by atoms with E-state index in [-0.39, 0.29) is 23.8 Å². The SMILES string of the molecule is CCOC(=O)CCc1c[nH]c(=O)c(N2CCN(C(=O)O)CC2)n1. The Balaban J connectivity index is 2.02. The third-order valence-electron chi connectivity index (χ3n) is 3.56. The number of aryl methyl sites for hydroxylation is 1. The smallest absolute Gasteiger partial charge is 0.407 e. The van der Waals surface area contributed by atoms with Gasteiger partial charge in [-0.1, -0.05) is 0 Å². The topological polar surface area (TPSA) is 116 Å². The maximum Gasteiger partial charge on any atom is 0.407 e. The molecule has 1 aromatic heterocycles. The van der Waals surface area contributed by atoms with Crippen LogP contribution in [-0.2, 0) is 16.0 Å². The molecule has 9 heteroatoms. The van der Waals surface area contributed by atoms with E-state index in [0.717, 1.165) is 0 Å². The number of nitrogens with one attached hydrogen (secondary N) is 1. The summed E-state index contributed by atoms with van der Waals surface area (Å²) in [5.74, 6) is -0.0477. The van der Waals surface area contributed by atoms with E-state index in [1.165, 1.54) is 11.1 Å². The molecule has 1 amide bonds. The summed E-state index contributed by atoms with van der Waals surface area (Å²) >= 11 is 0. The maximum atomic E-state index is 11.9. The molecule has 0 saturated carbocycles. The zero-order valence-electron chi connectivity index (χ0n) is 12.9. The number of piperazine rings is 1. The van der Waals surface area contributed by atoms with Crippen LogP contribution >= 0.6 is 0 Å². The van der Waals surface area contributed by atoms with Crippen molar-refractivity contribution in [3.8, 4) is 0 Å². The Morgan fingerprint density at radius 2 is 2.04 bits per heavy atom. The Hall–Kier alpha value is -2.58. The number of nitrogens with zero attached hydrogens (tertiary/aromatic N) is 3. The summed E-state index contributed by atoms with van der Waals surface area (Å²) in [6.07, 6.45) is 1.09. The lowest BCUT2D eigenvalue weighted by atomic mass is 10.2. The fourth-order valence-corrected chi connectivity index (χ4v) is 2.35. The molecule has 0 atom stereocenters. The number of anilines is 1. The van der Waals surface area contributed by atoms with E-state index in [9.17, 15) is 14.4 Å². The predicted molar refractivity (Wildman–Crippen MR) is 81.6 cm³/mol. The van der Waals surface area contributed by atoms with Gasteiger partial charge in [-0.05, 0) is 6.92 Å². The molecule has 1 aromatic rings. The molecular formula is C14H20N4O5. The van der Waals surface area contributed by atoms with Gasteiger partial charge in [0.25, 0.3) is 5.56 Å². The summed E-state index contributed by atoms with van der Waals surface area (Å²) in [6, 6.07) is 0. The molecule has 1 aliphatic rings. The molecule has 9 nitrogen and oxygen atoms in total. The number of hydrogen-bond acceptors (Lipinski definition) is 6. The van der Waals surface area contributed by atoms with Crippen LogP contribution in [0.4, 0.5) is 10.6 Å². The van der Waals surface area contributed by atoms with E-state index in [1.807, 2.05) is 0 Å². The Bertz CT molecular complexity index is 622. The Morgan fingerprint density at radius 3 is 2.65 bits per heavy atom. The minimum Gasteiger partial charge on any atom is -0.466 e. The number of aromatic nitrogens is 2. The molecule has 2 rings (SSSR count). The van der Waals surface area contributed by atoms with Gasteiger partial charge in [0, 0.05) is 38.8 Å². The number of carbonyl (C=O) groups is 2. The van der Waals surface area contributed by atoms with Crippen molar-refractivity contribution in [2.75, 3.05) is 37.7 Å². The highest BCUT2D eigenvalue weighted by Gasteiger charge is 2.23. The molecule has 2 N–H and O–H groups in total. The fraction of sp³-hybridized carbons (Fsp3) is 0.571. The third kappa shape index (κ3) is 4.44. The van der Waals surface area contributed by atoms with E-state index >= 15 is 0 Å². The van der Waals surface area contributed by atoms with Crippen LogP contribution in [0.1, 0.15) is 19.0 Å².